The highest BCUT2D eigenvalue weighted by Crippen LogP contribution is 2.36. The highest BCUT2D eigenvalue weighted by molar-refractivity contribution is 7.91. The fraction of sp³-hybridized carbons (Fsp3) is 0.588. The second-order valence-electron chi connectivity index (χ2n) is 6.78. The second-order valence-corrected chi connectivity index (χ2v) is 9.06. The Bertz CT molecular complexity index is 815. The van der Waals surface area contributed by atoms with Gasteiger partial charge in [0.2, 0.25) is 0 Å². The molecule has 2 saturated carbocycles. The standard InChI is InChI=1S/C17H22N2O2S/c1-2-22(20,21)14-7-8-16-15(10-14)18-17(9-12-3-4-12)19(16)11-13-5-6-13/h7-8,10,12-13H,2-6,9,11H2,1H3. The zero-order valence-electron chi connectivity index (χ0n) is 13.0. The molecule has 0 radical (unpaired) electrons. The predicted molar refractivity (Wildman–Crippen MR) is 86.6 cm³/mol. The van der Waals surface area contributed by atoms with Gasteiger partial charge in [0, 0.05) is 13.0 Å². The molecule has 5 heteroatoms. The number of hydrogen-bond acceptors (Lipinski definition) is 3. The Labute approximate surface area is 131 Å². The van der Waals surface area contributed by atoms with Gasteiger partial charge < -0.3 is 4.57 Å². The minimum absolute atomic E-state index is 0.135. The fourth-order valence-electron chi connectivity index (χ4n) is 3.02. The van der Waals surface area contributed by atoms with Crippen LogP contribution >= 0.6 is 0 Å². The average Bonchev–Trinajstić information content (AvgIpc) is 3.40. The van der Waals surface area contributed by atoms with E-state index in [1.807, 2.05) is 6.07 Å². The SMILES string of the molecule is CCS(=O)(=O)c1ccc2c(c1)nc(CC1CC1)n2CC1CC1. The lowest BCUT2D eigenvalue weighted by Gasteiger charge is -2.08. The minimum atomic E-state index is -3.16. The Hall–Kier alpha value is -1.36. The molecule has 0 unspecified atom stereocenters. The summed E-state index contributed by atoms with van der Waals surface area (Å²) in [6, 6.07) is 5.45. The largest absolute Gasteiger partial charge is 0.328 e. The minimum Gasteiger partial charge on any atom is -0.328 e. The van der Waals surface area contributed by atoms with Gasteiger partial charge in [-0.05, 0) is 55.7 Å². The van der Waals surface area contributed by atoms with E-state index in [1.165, 1.54) is 25.7 Å². The van der Waals surface area contributed by atoms with Crippen LogP contribution in [0.3, 0.4) is 0 Å². The molecule has 4 rings (SSSR count). The van der Waals surface area contributed by atoms with Gasteiger partial charge in [-0.1, -0.05) is 6.92 Å². The smallest absolute Gasteiger partial charge is 0.178 e. The lowest BCUT2D eigenvalue weighted by molar-refractivity contribution is 0.596. The summed E-state index contributed by atoms with van der Waals surface area (Å²) in [6.07, 6.45) is 6.27. The Morgan fingerprint density at radius 2 is 1.91 bits per heavy atom. The van der Waals surface area contributed by atoms with Gasteiger partial charge in [-0.3, -0.25) is 0 Å². The van der Waals surface area contributed by atoms with Gasteiger partial charge in [0.25, 0.3) is 0 Å². The van der Waals surface area contributed by atoms with Crippen LogP contribution in [0.25, 0.3) is 11.0 Å². The van der Waals surface area contributed by atoms with E-state index in [0.29, 0.717) is 4.90 Å². The van der Waals surface area contributed by atoms with Gasteiger partial charge in [0.15, 0.2) is 9.84 Å². The zero-order valence-corrected chi connectivity index (χ0v) is 13.8. The van der Waals surface area contributed by atoms with Crippen molar-refractivity contribution >= 4 is 20.9 Å². The van der Waals surface area contributed by atoms with E-state index in [9.17, 15) is 8.42 Å². The van der Waals surface area contributed by atoms with E-state index in [-0.39, 0.29) is 5.75 Å². The summed E-state index contributed by atoms with van der Waals surface area (Å²) in [4.78, 5) is 5.18. The quantitative estimate of drug-likeness (QED) is 0.822. The van der Waals surface area contributed by atoms with Gasteiger partial charge in [-0.15, -0.1) is 0 Å². The van der Waals surface area contributed by atoms with Crippen LogP contribution < -0.4 is 0 Å². The molecule has 1 aromatic carbocycles. The molecule has 0 atom stereocenters. The van der Waals surface area contributed by atoms with Gasteiger partial charge in [-0.2, -0.15) is 0 Å². The number of rotatable bonds is 6. The Kier molecular flexibility index (Phi) is 3.29. The molecule has 2 fully saturated rings. The molecular formula is C17H22N2O2S. The first kappa shape index (κ1) is 14.2. The maximum Gasteiger partial charge on any atom is 0.178 e. The molecule has 4 nitrogen and oxygen atoms in total. The molecule has 0 aliphatic heterocycles. The average molecular weight is 318 g/mol. The monoisotopic (exact) mass is 318 g/mol. The highest BCUT2D eigenvalue weighted by Gasteiger charge is 2.28. The molecule has 0 amide bonds. The van der Waals surface area contributed by atoms with Crippen molar-refractivity contribution in [3.63, 3.8) is 0 Å². The normalized spacial score (nSPS) is 19.0. The first-order valence-corrected chi connectivity index (χ1v) is 9.94. The Balaban J connectivity index is 1.79. The van der Waals surface area contributed by atoms with Crippen LogP contribution in [0, 0.1) is 11.8 Å². The van der Waals surface area contributed by atoms with Gasteiger partial charge in [0.05, 0.1) is 21.7 Å². The number of aromatic nitrogens is 2. The molecule has 0 N–H and O–H groups in total. The number of benzene rings is 1. The lowest BCUT2D eigenvalue weighted by Crippen LogP contribution is -2.06. The van der Waals surface area contributed by atoms with Gasteiger partial charge >= 0.3 is 0 Å². The summed E-state index contributed by atoms with van der Waals surface area (Å²) in [5, 5.41) is 0. The van der Waals surface area contributed by atoms with E-state index in [2.05, 4.69) is 4.57 Å². The Morgan fingerprint density at radius 1 is 1.18 bits per heavy atom. The van der Waals surface area contributed by atoms with E-state index in [0.717, 1.165) is 41.7 Å². The highest BCUT2D eigenvalue weighted by atomic mass is 32.2. The van der Waals surface area contributed by atoms with E-state index in [4.69, 9.17) is 4.98 Å². The lowest BCUT2D eigenvalue weighted by atomic mass is 10.2. The number of nitrogens with zero attached hydrogens (tertiary/aromatic N) is 2. The van der Waals surface area contributed by atoms with Crippen molar-refractivity contribution < 1.29 is 8.42 Å². The van der Waals surface area contributed by atoms with Crippen molar-refractivity contribution in [2.24, 2.45) is 11.8 Å². The third-order valence-electron chi connectivity index (χ3n) is 4.84. The van der Waals surface area contributed by atoms with Crippen molar-refractivity contribution in [3.8, 4) is 0 Å². The summed E-state index contributed by atoms with van der Waals surface area (Å²) >= 11 is 0. The summed E-state index contributed by atoms with van der Waals surface area (Å²) in [7, 11) is -3.16. The van der Waals surface area contributed by atoms with E-state index < -0.39 is 9.84 Å². The molecule has 1 heterocycles. The maximum absolute atomic E-state index is 12.1. The number of fused-ring (bicyclic) bond motifs is 1. The van der Waals surface area contributed by atoms with Crippen molar-refractivity contribution in [1.29, 1.82) is 0 Å². The van der Waals surface area contributed by atoms with Crippen molar-refractivity contribution in [3.05, 3.63) is 24.0 Å². The molecular weight excluding hydrogens is 296 g/mol. The molecule has 0 spiro atoms. The third kappa shape index (κ3) is 2.67. The molecule has 2 aliphatic carbocycles. The predicted octanol–water partition coefficient (Wildman–Crippen LogP) is 3.19. The Morgan fingerprint density at radius 3 is 2.55 bits per heavy atom. The van der Waals surface area contributed by atoms with Crippen LogP contribution in [0.5, 0.6) is 0 Å². The number of sulfone groups is 1. The molecule has 0 bridgehead atoms. The van der Waals surface area contributed by atoms with Crippen LogP contribution in [0.4, 0.5) is 0 Å². The molecule has 22 heavy (non-hydrogen) atoms. The molecule has 118 valence electrons. The van der Waals surface area contributed by atoms with Crippen molar-refractivity contribution in [1.82, 2.24) is 9.55 Å². The maximum atomic E-state index is 12.1. The molecule has 0 saturated heterocycles. The first-order valence-electron chi connectivity index (χ1n) is 8.28. The summed E-state index contributed by atoms with van der Waals surface area (Å²) in [6.45, 7) is 2.72. The van der Waals surface area contributed by atoms with E-state index in [1.54, 1.807) is 19.1 Å². The first-order chi connectivity index (χ1) is 10.6. The van der Waals surface area contributed by atoms with E-state index >= 15 is 0 Å². The van der Waals surface area contributed by atoms with Crippen LogP contribution in [-0.2, 0) is 22.8 Å². The molecule has 1 aromatic heterocycles. The van der Waals surface area contributed by atoms with Crippen LogP contribution in [0.2, 0.25) is 0 Å². The van der Waals surface area contributed by atoms with Crippen LogP contribution in [-0.4, -0.2) is 23.7 Å². The fourth-order valence-corrected chi connectivity index (χ4v) is 3.92. The summed E-state index contributed by atoms with van der Waals surface area (Å²) in [5.41, 5.74) is 1.93. The summed E-state index contributed by atoms with van der Waals surface area (Å²) < 4.78 is 26.5. The summed E-state index contributed by atoms with van der Waals surface area (Å²) in [5.74, 6) is 2.86. The topological polar surface area (TPSA) is 52.0 Å². The number of imidazole rings is 1. The second kappa shape index (κ2) is 5.08. The van der Waals surface area contributed by atoms with Crippen LogP contribution in [0.15, 0.2) is 23.1 Å². The van der Waals surface area contributed by atoms with Gasteiger partial charge in [-0.25, -0.2) is 13.4 Å². The zero-order chi connectivity index (χ0) is 15.3. The van der Waals surface area contributed by atoms with Crippen molar-refractivity contribution in [2.75, 3.05) is 5.75 Å². The molecule has 2 aliphatic rings. The molecule has 2 aromatic rings. The number of hydrogen-bond donors (Lipinski definition) is 0. The van der Waals surface area contributed by atoms with Gasteiger partial charge in [0.1, 0.15) is 5.82 Å². The third-order valence-corrected chi connectivity index (χ3v) is 6.58. The van der Waals surface area contributed by atoms with Crippen molar-refractivity contribution in [2.45, 2.75) is 50.5 Å². The van der Waals surface area contributed by atoms with Crippen LogP contribution in [0.1, 0.15) is 38.4 Å².